The molecule has 0 aliphatic rings. The minimum Gasteiger partial charge on any atom is -0.504 e. The molecule has 6 heteroatoms. The Morgan fingerprint density at radius 3 is 2.33 bits per heavy atom. The van der Waals surface area contributed by atoms with E-state index in [1.165, 1.54) is 6.07 Å². The van der Waals surface area contributed by atoms with Gasteiger partial charge in [-0.05, 0) is 31.4 Å². The van der Waals surface area contributed by atoms with E-state index in [0.29, 0.717) is 43.6 Å². The van der Waals surface area contributed by atoms with Crippen molar-refractivity contribution in [2.45, 2.75) is 37.7 Å². The van der Waals surface area contributed by atoms with Gasteiger partial charge in [0.1, 0.15) is 5.75 Å². The Bertz CT molecular complexity index is 703. The molecule has 27 heavy (non-hydrogen) atoms. The highest BCUT2D eigenvalue weighted by Crippen LogP contribution is 2.42. The van der Waals surface area contributed by atoms with E-state index in [4.69, 9.17) is 14.9 Å². The number of rotatable bonds is 11. The first kappa shape index (κ1) is 21.0. The number of phenols is 2. The lowest BCUT2D eigenvalue weighted by molar-refractivity contribution is 0.0859. The number of ether oxygens (including phenoxy) is 1. The van der Waals surface area contributed by atoms with Crippen molar-refractivity contribution >= 4 is 0 Å². The third-order valence-corrected chi connectivity index (χ3v) is 4.52. The van der Waals surface area contributed by atoms with Crippen LogP contribution in [0.3, 0.4) is 0 Å². The molecule has 0 fully saturated rings. The van der Waals surface area contributed by atoms with Crippen LogP contribution >= 0.6 is 0 Å². The van der Waals surface area contributed by atoms with E-state index in [1.807, 2.05) is 24.3 Å². The number of benzene rings is 2. The van der Waals surface area contributed by atoms with Gasteiger partial charge in [-0.25, -0.2) is 0 Å². The predicted molar refractivity (Wildman–Crippen MR) is 102 cm³/mol. The molecule has 0 spiro atoms. The molecule has 5 N–H and O–H groups in total. The van der Waals surface area contributed by atoms with Crippen LogP contribution in [-0.2, 0) is 0 Å². The van der Waals surface area contributed by atoms with Crippen LogP contribution in [0.4, 0.5) is 0 Å². The quantitative estimate of drug-likeness (QED) is 0.304. The molecule has 0 saturated carbocycles. The molecule has 148 valence electrons. The van der Waals surface area contributed by atoms with Crippen LogP contribution in [0, 0.1) is 0 Å². The fourth-order valence-corrected chi connectivity index (χ4v) is 3.10. The zero-order valence-corrected chi connectivity index (χ0v) is 15.3. The molecule has 2 aromatic rings. The number of aromatic hydroxyl groups is 2. The van der Waals surface area contributed by atoms with E-state index in [-0.39, 0.29) is 30.6 Å². The van der Waals surface area contributed by atoms with E-state index in [9.17, 15) is 15.3 Å². The molecule has 0 saturated heterocycles. The molecular formula is C21H28O6. The maximum atomic E-state index is 10.4. The van der Waals surface area contributed by atoms with Gasteiger partial charge < -0.3 is 30.3 Å². The summed E-state index contributed by atoms with van der Waals surface area (Å²) in [5, 5.41) is 47.9. The van der Waals surface area contributed by atoms with Crippen LogP contribution in [0.2, 0.25) is 0 Å². The van der Waals surface area contributed by atoms with Gasteiger partial charge in [-0.1, -0.05) is 30.3 Å². The van der Waals surface area contributed by atoms with E-state index in [0.717, 1.165) is 5.56 Å². The summed E-state index contributed by atoms with van der Waals surface area (Å²) in [4.78, 5) is 0. The number of phenolic OH excluding ortho intramolecular Hbond substituents is 2. The largest absolute Gasteiger partial charge is 0.504 e. The SMILES string of the molecule is OCCCOc1ccccc1C(CCCC(O)CO)c1cccc(O)c1O. The summed E-state index contributed by atoms with van der Waals surface area (Å²) in [6.45, 7) is 0.121. The van der Waals surface area contributed by atoms with Crippen molar-refractivity contribution in [1.29, 1.82) is 0 Å². The second-order valence-corrected chi connectivity index (χ2v) is 6.50. The number of aliphatic hydroxyl groups is 3. The van der Waals surface area contributed by atoms with Crippen molar-refractivity contribution in [3.8, 4) is 17.2 Å². The summed E-state index contributed by atoms with van der Waals surface area (Å²) in [7, 11) is 0. The van der Waals surface area contributed by atoms with Gasteiger partial charge in [-0.15, -0.1) is 0 Å². The molecule has 2 rings (SSSR count). The maximum absolute atomic E-state index is 10.4. The molecule has 0 aliphatic heterocycles. The Morgan fingerprint density at radius 1 is 0.852 bits per heavy atom. The molecule has 0 aromatic heterocycles. The highest BCUT2D eigenvalue weighted by Gasteiger charge is 2.23. The summed E-state index contributed by atoms with van der Waals surface area (Å²) in [5.74, 6) is 0.0386. The number of hydrogen-bond donors (Lipinski definition) is 5. The van der Waals surface area contributed by atoms with Crippen LogP contribution in [0.1, 0.15) is 42.7 Å². The molecule has 2 atom stereocenters. The molecule has 0 radical (unpaired) electrons. The van der Waals surface area contributed by atoms with Crippen molar-refractivity contribution in [3.05, 3.63) is 53.6 Å². The molecule has 0 aliphatic carbocycles. The minimum atomic E-state index is -0.778. The van der Waals surface area contributed by atoms with Gasteiger partial charge in [0.2, 0.25) is 0 Å². The second kappa shape index (κ2) is 10.8. The predicted octanol–water partition coefficient (Wildman–Crippen LogP) is 2.51. The molecule has 0 amide bonds. The Labute approximate surface area is 159 Å². The standard InChI is InChI=1S/C21H28O6/c22-12-5-13-27-20-11-2-1-7-17(20)16(8-3-6-15(24)14-23)18-9-4-10-19(25)21(18)26/h1-2,4,7,9-11,15-16,22-26H,3,5-6,8,12-14H2. The lowest BCUT2D eigenvalue weighted by atomic mass is 9.85. The van der Waals surface area contributed by atoms with Crippen molar-refractivity contribution in [2.75, 3.05) is 19.8 Å². The number of hydrogen-bond acceptors (Lipinski definition) is 6. The summed E-state index contributed by atoms with van der Waals surface area (Å²) in [6, 6.07) is 12.3. The van der Waals surface area contributed by atoms with E-state index in [2.05, 4.69) is 0 Å². The maximum Gasteiger partial charge on any atom is 0.161 e. The zero-order valence-electron chi connectivity index (χ0n) is 15.3. The normalized spacial score (nSPS) is 13.3. The Hall–Kier alpha value is -2.28. The topological polar surface area (TPSA) is 110 Å². The monoisotopic (exact) mass is 376 g/mol. The lowest BCUT2D eigenvalue weighted by Gasteiger charge is -2.23. The number of para-hydroxylation sites is 2. The van der Waals surface area contributed by atoms with Gasteiger partial charge in [-0.3, -0.25) is 0 Å². The fraction of sp³-hybridized carbons (Fsp3) is 0.429. The van der Waals surface area contributed by atoms with Gasteiger partial charge in [0, 0.05) is 30.1 Å². The summed E-state index contributed by atoms with van der Waals surface area (Å²) < 4.78 is 5.81. The first-order valence-corrected chi connectivity index (χ1v) is 9.20. The molecule has 2 unspecified atom stereocenters. The van der Waals surface area contributed by atoms with E-state index < -0.39 is 6.10 Å². The molecule has 0 heterocycles. The van der Waals surface area contributed by atoms with Crippen molar-refractivity contribution in [1.82, 2.24) is 0 Å². The highest BCUT2D eigenvalue weighted by atomic mass is 16.5. The van der Waals surface area contributed by atoms with Crippen LogP contribution in [0.15, 0.2) is 42.5 Å². The van der Waals surface area contributed by atoms with Crippen LogP contribution in [0.25, 0.3) is 0 Å². The Morgan fingerprint density at radius 2 is 1.59 bits per heavy atom. The van der Waals surface area contributed by atoms with Crippen molar-refractivity contribution < 1.29 is 30.3 Å². The molecule has 2 aromatic carbocycles. The first-order valence-electron chi connectivity index (χ1n) is 9.20. The van der Waals surface area contributed by atoms with Gasteiger partial charge in [0.25, 0.3) is 0 Å². The van der Waals surface area contributed by atoms with Gasteiger partial charge in [0.05, 0.1) is 19.3 Å². The molecule has 0 bridgehead atoms. The second-order valence-electron chi connectivity index (χ2n) is 6.50. The summed E-state index contributed by atoms with van der Waals surface area (Å²) in [6.07, 6.45) is 1.37. The third kappa shape index (κ3) is 5.85. The average Bonchev–Trinajstić information content (AvgIpc) is 2.68. The average molecular weight is 376 g/mol. The van der Waals surface area contributed by atoms with Gasteiger partial charge >= 0.3 is 0 Å². The van der Waals surface area contributed by atoms with Crippen molar-refractivity contribution in [2.24, 2.45) is 0 Å². The smallest absolute Gasteiger partial charge is 0.161 e. The van der Waals surface area contributed by atoms with Crippen LogP contribution in [0.5, 0.6) is 17.2 Å². The van der Waals surface area contributed by atoms with E-state index >= 15 is 0 Å². The Balaban J connectivity index is 2.33. The fourth-order valence-electron chi connectivity index (χ4n) is 3.10. The summed E-state index contributed by atoms with van der Waals surface area (Å²) in [5.41, 5.74) is 1.43. The minimum absolute atomic E-state index is 0.0397. The van der Waals surface area contributed by atoms with Crippen molar-refractivity contribution in [3.63, 3.8) is 0 Å². The zero-order chi connectivity index (χ0) is 19.6. The van der Waals surface area contributed by atoms with Gasteiger partial charge in [0.15, 0.2) is 11.5 Å². The lowest BCUT2D eigenvalue weighted by Crippen LogP contribution is -2.13. The van der Waals surface area contributed by atoms with Crippen LogP contribution < -0.4 is 4.74 Å². The van der Waals surface area contributed by atoms with E-state index in [1.54, 1.807) is 12.1 Å². The van der Waals surface area contributed by atoms with Crippen LogP contribution in [-0.4, -0.2) is 51.5 Å². The highest BCUT2D eigenvalue weighted by molar-refractivity contribution is 5.51. The molecular weight excluding hydrogens is 348 g/mol. The third-order valence-electron chi connectivity index (χ3n) is 4.52. The number of aliphatic hydroxyl groups excluding tert-OH is 3. The van der Waals surface area contributed by atoms with Gasteiger partial charge in [-0.2, -0.15) is 0 Å². The molecule has 6 nitrogen and oxygen atoms in total. The summed E-state index contributed by atoms with van der Waals surface area (Å²) >= 11 is 0. The first-order chi connectivity index (χ1) is 13.1. The Kier molecular flexibility index (Phi) is 8.39.